The molecule has 1 aliphatic rings. The van der Waals surface area contributed by atoms with Gasteiger partial charge in [-0.1, -0.05) is 43.8 Å². The number of halogens is 3. The molecule has 0 saturated carbocycles. The van der Waals surface area contributed by atoms with Crippen LogP contribution in [-0.2, 0) is 11.2 Å². The van der Waals surface area contributed by atoms with Gasteiger partial charge in [0, 0.05) is 18.7 Å². The summed E-state index contributed by atoms with van der Waals surface area (Å²) in [5, 5.41) is 0. The Balaban J connectivity index is 1.98. The van der Waals surface area contributed by atoms with Gasteiger partial charge in [-0.05, 0) is 46.7 Å². The second-order valence-corrected chi connectivity index (χ2v) is 7.00. The Labute approximate surface area is 162 Å². The van der Waals surface area contributed by atoms with E-state index in [9.17, 15) is 18.0 Å². The molecule has 0 saturated heterocycles. The molecule has 148 valence electrons. The Bertz CT molecular complexity index is 891. The zero-order chi connectivity index (χ0) is 20.5. The number of hydrogen-bond acceptors (Lipinski definition) is 2. The van der Waals surface area contributed by atoms with Gasteiger partial charge < -0.3 is 9.64 Å². The van der Waals surface area contributed by atoms with E-state index in [2.05, 4.69) is 6.58 Å². The molecule has 0 aromatic heterocycles. The molecule has 1 unspecified atom stereocenters. The van der Waals surface area contributed by atoms with E-state index in [1.165, 1.54) is 0 Å². The summed E-state index contributed by atoms with van der Waals surface area (Å²) in [5.74, 6) is -1.40. The Morgan fingerprint density at radius 2 is 1.89 bits per heavy atom. The van der Waals surface area contributed by atoms with Crippen LogP contribution in [-0.4, -0.2) is 37.2 Å². The van der Waals surface area contributed by atoms with Crippen molar-refractivity contribution in [3.8, 4) is 5.75 Å². The van der Waals surface area contributed by atoms with Gasteiger partial charge in [-0.3, -0.25) is 4.79 Å². The molecular formula is C22H22F3NO2. The normalized spacial score (nSPS) is 16.9. The number of hydrogen-bond donors (Lipinski definition) is 0. The van der Waals surface area contributed by atoms with Crippen LogP contribution < -0.4 is 4.74 Å². The lowest BCUT2D eigenvalue weighted by Crippen LogP contribution is -2.42. The van der Waals surface area contributed by atoms with Crippen LogP contribution in [0.15, 0.2) is 49.0 Å². The van der Waals surface area contributed by atoms with E-state index < -0.39 is 12.1 Å². The Morgan fingerprint density at radius 1 is 1.21 bits per heavy atom. The molecule has 1 heterocycles. The molecule has 0 aliphatic carbocycles. The summed E-state index contributed by atoms with van der Waals surface area (Å²) in [7, 11) is 1.56. The number of fused-ring (bicyclic) bond motifs is 1. The highest BCUT2D eigenvalue weighted by atomic mass is 19.4. The summed E-state index contributed by atoms with van der Waals surface area (Å²) in [5.41, 5.74) is 4.34. The minimum atomic E-state index is -4.86. The third kappa shape index (κ3) is 3.91. The molecule has 0 spiro atoms. The molecule has 0 radical (unpaired) electrons. The monoisotopic (exact) mass is 389 g/mol. The summed E-state index contributed by atoms with van der Waals surface area (Å²) < 4.78 is 44.2. The van der Waals surface area contributed by atoms with Gasteiger partial charge in [-0.25, -0.2) is 0 Å². The van der Waals surface area contributed by atoms with Crippen molar-refractivity contribution in [3.05, 3.63) is 71.3 Å². The number of benzene rings is 2. The van der Waals surface area contributed by atoms with Gasteiger partial charge in [0.2, 0.25) is 0 Å². The fraction of sp³-hybridized carbons (Fsp3) is 0.318. The SMILES string of the molecule is C=C(c1ccccc1)c1cc2c(cc1OC)CCN(C(=O)C(F)(F)F)CC2C. The van der Waals surface area contributed by atoms with Crippen LogP contribution in [0.4, 0.5) is 13.2 Å². The molecule has 3 nitrogen and oxygen atoms in total. The molecule has 0 bridgehead atoms. The molecule has 0 fully saturated rings. The maximum absolute atomic E-state index is 12.9. The van der Waals surface area contributed by atoms with E-state index in [-0.39, 0.29) is 19.0 Å². The number of carbonyl (C=O) groups is 1. The van der Waals surface area contributed by atoms with Gasteiger partial charge in [0.25, 0.3) is 0 Å². The second kappa shape index (κ2) is 7.70. The highest BCUT2D eigenvalue weighted by Gasteiger charge is 2.43. The summed E-state index contributed by atoms with van der Waals surface area (Å²) in [4.78, 5) is 12.6. The summed E-state index contributed by atoms with van der Waals surface area (Å²) >= 11 is 0. The van der Waals surface area contributed by atoms with Crippen molar-refractivity contribution in [2.24, 2.45) is 0 Å². The Hall–Kier alpha value is -2.76. The number of amides is 1. The minimum absolute atomic E-state index is 0.0227. The van der Waals surface area contributed by atoms with Crippen LogP contribution in [0.2, 0.25) is 0 Å². The summed E-state index contributed by atoms with van der Waals surface area (Å²) in [6, 6.07) is 13.4. The maximum atomic E-state index is 12.9. The smallest absolute Gasteiger partial charge is 0.471 e. The number of rotatable bonds is 3. The van der Waals surface area contributed by atoms with Crippen molar-refractivity contribution < 1.29 is 22.7 Å². The lowest BCUT2D eigenvalue weighted by Gasteiger charge is -2.24. The molecule has 6 heteroatoms. The Morgan fingerprint density at radius 3 is 2.50 bits per heavy atom. The minimum Gasteiger partial charge on any atom is -0.496 e. The van der Waals surface area contributed by atoms with Gasteiger partial charge in [-0.2, -0.15) is 13.2 Å². The third-order valence-corrected chi connectivity index (χ3v) is 5.11. The fourth-order valence-corrected chi connectivity index (χ4v) is 3.65. The molecule has 3 rings (SSSR count). The molecule has 2 aromatic carbocycles. The lowest BCUT2D eigenvalue weighted by atomic mass is 9.89. The third-order valence-electron chi connectivity index (χ3n) is 5.11. The number of alkyl halides is 3. The van der Waals surface area contributed by atoms with Crippen LogP contribution in [0, 0.1) is 0 Å². The number of methoxy groups -OCH3 is 1. The number of carbonyl (C=O) groups excluding carboxylic acids is 1. The zero-order valence-corrected chi connectivity index (χ0v) is 15.8. The molecule has 1 aliphatic heterocycles. The first kappa shape index (κ1) is 20.0. The quantitative estimate of drug-likeness (QED) is 0.754. The lowest BCUT2D eigenvalue weighted by molar-refractivity contribution is -0.185. The fourth-order valence-electron chi connectivity index (χ4n) is 3.65. The number of ether oxygens (including phenoxy) is 1. The van der Waals surface area contributed by atoms with E-state index >= 15 is 0 Å². The van der Waals surface area contributed by atoms with Crippen LogP contribution in [0.25, 0.3) is 5.57 Å². The van der Waals surface area contributed by atoms with Crippen molar-refractivity contribution in [1.29, 1.82) is 0 Å². The van der Waals surface area contributed by atoms with Crippen LogP contribution >= 0.6 is 0 Å². The second-order valence-electron chi connectivity index (χ2n) is 7.00. The van der Waals surface area contributed by atoms with E-state index in [4.69, 9.17) is 4.74 Å². The molecule has 0 N–H and O–H groups in total. The first-order valence-corrected chi connectivity index (χ1v) is 9.04. The van der Waals surface area contributed by atoms with Gasteiger partial charge in [0.05, 0.1) is 7.11 Å². The zero-order valence-electron chi connectivity index (χ0n) is 15.8. The van der Waals surface area contributed by atoms with Crippen LogP contribution in [0.5, 0.6) is 5.75 Å². The molecule has 28 heavy (non-hydrogen) atoms. The maximum Gasteiger partial charge on any atom is 0.471 e. The molecule has 2 aromatic rings. The first-order valence-electron chi connectivity index (χ1n) is 9.04. The molecule has 1 atom stereocenters. The highest BCUT2D eigenvalue weighted by molar-refractivity contribution is 5.83. The predicted molar refractivity (Wildman–Crippen MR) is 102 cm³/mol. The van der Waals surface area contributed by atoms with E-state index in [1.807, 2.05) is 49.4 Å². The van der Waals surface area contributed by atoms with E-state index in [0.717, 1.165) is 32.7 Å². The van der Waals surface area contributed by atoms with Crippen molar-refractivity contribution in [1.82, 2.24) is 4.90 Å². The summed E-state index contributed by atoms with van der Waals surface area (Å²) in [6.07, 6.45) is -4.52. The van der Waals surface area contributed by atoms with Crippen LogP contribution in [0.3, 0.4) is 0 Å². The van der Waals surface area contributed by atoms with Gasteiger partial charge in [-0.15, -0.1) is 0 Å². The van der Waals surface area contributed by atoms with Crippen molar-refractivity contribution in [3.63, 3.8) is 0 Å². The van der Waals surface area contributed by atoms with Crippen LogP contribution in [0.1, 0.15) is 35.1 Å². The average Bonchev–Trinajstić information content (AvgIpc) is 2.84. The van der Waals surface area contributed by atoms with Gasteiger partial charge in [0.1, 0.15) is 5.75 Å². The highest BCUT2D eigenvalue weighted by Crippen LogP contribution is 2.37. The van der Waals surface area contributed by atoms with Crippen molar-refractivity contribution >= 4 is 11.5 Å². The average molecular weight is 389 g/mol. The topological polar surface area (TPSA) is 29.5 Å². The molecular weight excluding hydrogens is 367 g/mol. The Kier molecular flexibility index (Phi) is 5.49. The summed E-state index contributed by atoms with van der Waals surface area (Å²) in [6.45, 7) is 6.07. The van der Waals surface area contributed by atoms with Gasteiger partial charge >= 0.3 is 12.1 Å². The van der Waals surface area contributed by atoms with Crippen molar-refractivity contribution in [2.75, 3.05) is 20.2 Å². The van der Waals surface area contributed by atoms with Gasteiger partial charge in [0.15, 0.2) is 0 Å². The molecule has 1 amide bonds. The van der Waals surface area contributed by atoms with Crippen molar-refractivity contribution in [2.45, 2.75) is 25.4 Å². The predicted octanol–water partition coefficient (Wildman–Crippen LogP) is 4.81. The van der Waals surface area contributed by atoms with E-state index in [1.54, 1.807) is 7.11 Å². The standard InChI is InChI=1S/C22H22F3NO2/c1-14-13-26(21(27)22(23,24)25)10-9-17-11-20(28-3)19(12-18(14)17)15(2)16-7-5-4-6-8-16/h4-8,11-12,14H,2,9-10,13H2,1,3H3. The number of nitrogens with zero attached hydrogens (tertiary/aromatic N) is 1. The van der Waals surface area contributed by atoms with E-state index in [0.29, 0.717) is 12.2 Å². The largest absolute Gasteiger partial charge is 0.496 e. The first-order chi connectivity index (χ1) is 13.2.